The maximum absolute atomic E-state index is 8.98. The zero-order valence-electron chi connectivity index (χ0n) is 6.97. The number of aromatic nitrogens is 2. The zero-order valence-corrected chi connectivity index (χ0v) is 7.79. The maximum atomic E-state index is 8.98. The summed E-state index contributed by atoms with van der Waals surface area (Å²) in [5.41, 5.74) is 0. The summed E-state index contributed by atoms with van der Waals surface area (Å²) in [5.74, 6) is 0.863. The van der Waals surface area contributed by atoms with Crippen molar-refractivity contribution in [1.82, 2.24) is 9.97 Å². The first-order valence-corrected chi connectivity index (χ1v) is 4.85. The first kappa shape index (κ1) is 9.48. The Kier molecular flexibility index (Phi) is 4.04. The van der Waals surface area contributed by atoms with Crippen LogP contribution in [0.4, 0.5) is 0 Å². The third-order valence-corrected chi connectivity index (χ3v) is 2.22. The molecule has 0 aliphatic heterocycles. The van der Waals surface area contributed by atoms with E-state index < -0.39 is 0 Å². The van der Waals surface area contributed by atoms with E-state index in [1.54, 1.807) is 37.1 Å². The lowest BCUT2D eigenvalue weighted by Crippen LogP contribution is -2.00. The Labute approximate surface area is 76.2 Å². The van der Waals surface area contributed by atoms with Crippen LogP contribution in [0.1, 0.15) is 13.3 Å². The van der Waals surface area contributed by atoms with Gasteiger partial charge < -0.3 is 5.11 Å². The molecule has 0 saturated heterocycles. The first-order valence-electron chi connectivity index (χ1n) is 3.87. The van der Waals surface area contributed by atoms with E-state index in [0.29, 0.717) is 0 Å². The van der Waals surface area contributed by atoms with E-state index in [1.807, 2.05) is 0 Å². The molecule has 0 aliphatic rings. The van der Waals surface area contributed by atoms with Gasteiger partial charge in [0.25, 0.3) is 0 Å². The minimum absolute atomic E-state index is 0.235. The molecule has 1 N–H and O–H groups in total. The van der Waals surface area contributed by atoms with E-state index in [4.69, 9.17) is 5.11 Å². The van der Waals surface area contributed by atoms with Crippen LogP contribution < -0.4 is 0 Å². The Morgan fingerprint density at radius 1 is 1.50 bits per heavy atom. The molecule has 0 aromatic carbocycles. The van der Waals surface area contributed by atoms with Crippen LogP contribution >= 0.6 is 11.8 Å². The molecule has 1 unspecified atom stereocenters. The fraction of sp³-hybridized carbons (Fsp3) is 0.500. The average molecular weight is 184 g/mol. The molecule has 12 heavy (non-hydrogen) atoms. The van der Waals surface area contributed by atoms with Crippen molar-refractivity contribution in [3.05, 3.63) is 18.5 Å². The van der Waals surface area contributed by atoms with Crippen LogP contribution in [-0.4, -0.2) is 26.9 Å². The molecule has 0 fully saturated rings. The summed E-state index contributed by atoms with van der Waals surface area (Å²) in [5, 5.41) is 9.75. The fourth-order valence-corrected chi connectivity index (χ4v) is 1.59. The molecule has 1 atom stereocenters. The van der Waals surface area contributed by atoms with Gasteiger partial charge in [0.15, 0.2) is 5.16 Å². The van der Waals surface area contributed by atoms with Crippen molar-refractivity contribution in [2.24, 2.45) is 0 Å². The van der Waals surface area contributed by atoms with Crippen molar-refractivity contribution in [2.45, 2.75) is 24.6 Å². The summed E-state index contributed by atoms with van der Waals surface area (Å²) in [7, 11) is 0. The van der Waals surface area contributed by atoms with Crippen LogP contribution in [0.3, 0.4) is 0 Å². The molecule has 66 valence electrons. The minimum Gasteiger partial charge on any atom is -0.393 e. The highest BCUT2D eigenvalue weighted by molar-refractivity contribution is 7.99. The molecule has 4 heteroatoms. The van der Waals surface area contributed by atoms with Crippen molar-refractivity contribution in [3.63, 3.8) is 0 Å². The summed E-state index contributed by atoms with van der Waals surface area (Å²) in [6, 6.07) is 1.79. The molecular weight excluding hydrogens is 172 g/mol. The van der Waals surface area contributed by atoms with Crippen molar-refractivity contribution in [2.75, 3.05) is 5.75 Å². The van der Waals surface area contributed by atoms with Crippen LogP contribution in [-0.2, 0) is 0 Å². The van der Waals surface area contributed by atoms with Gasteiger partial charge in [-0.05, 0) is 19.4 Å². The third kappa shape index (κ3) is 3.69. The number of aliphatic hydroxyl groups is 1. The molecule has 0 spiro atoms. The number of aliphatic hydroxyl groups excluding tert-OH is 1. The molecule has 0 saturated carbocycles. The fourth-order valence-electron chi connectivity index (χ4n) is 0.681. The second kappa shape index (κ2) is 5.11. The van der Waals surface area contributed by atoms with Crippen molar-refractivity contribution in [3.8, 4) is 0 Å². The predicted octanol–water partition coefficient (Wildman–Crippen LogP) is 1.34. The van der Waals surface area contributed by atoms with Gasteiger partial charge in [-0.1, -0.05) is 11.8 Å². The van der Waals surface area contributed by atoms with Gasteiger partial charge in [-0.15, -0.1) is 0 Å². The normalized spacial score (nSPS) is 12.8. The van der Waals surface area contributed by atoms with E-state index >= 15 is 0 Å². The van der Waals surface area contributed by atoms with Crippen LogP contribution in [0.15, 0.2) is 23.6 Å². The number of hydrogen-bond donors (Lipinski definition) is 1. The van der Waals surface area contributed by atoms with Crippen LogP contribution in [0.25, 0.3) is 0 Å². The number of rotatable bonds is 4. The van der Waals surface area contributed by atoms with Crippen molar-refractivity contribution in [1.29, 1.82) is 0 Å². The first-order chi connectivity index (χ1) is 5.79. The maximum Gasteiger partial charge on any atom is 0.187 e. The third-order valence-electron chi connectivity index (χ3n) is 1.31. The van der Waals surface area contributed by atoms with E-state index in [1.165, 1.54) is 0 Å². The molecule has 0 bridgehead atoms. The Morgan fingerprint density at radius 3 is 2.75 bits per heavy atom. The number of nitrogens with zero attached hydrogens (tertiary/aromatic N) is 2. The molecule has 0 aliphatic carbocycles. The minimum atomic E-state index is -0.235. The van der Waals surface area contributed by atoms with Gasteiger partial charge in [-0.25, -0.2) is 9.97 Å². The molecule has 1 heterocycles. The van der Waals surface area contributed by atoms with E-state index in [0.717, 1.165) is 17.3 Å². The SMILES string of the molecule is CC(O)CCSc1ncccn1. The summed E-state index contributed by atoms with van der Waals surface area (Å²) in [6.45, 7) is 1.78. The van der Waals surface area contributed by atoms with E-state index in [9.17, 15) is 0 Å². The van der Waals surface area contributed by atoms with Gasteiger partial charge in [0.1, 0.15) is 0 Å². The quantitative estimate of drug-likeness (QED) is 0.566. The highest BCUT2D eigenvalue weighted by atomic mass is 32.2. The summed E-state index contributed by atoms with van der Waals surface area (Å²) < 4.78 is 0. The van der Waals surface area contributed by atoms with Gasteiger partial charge in [-0.3, -0.25) is 0 Å². The van der Waals surface area contributed by atoms with Gasteiger partial charge in [0, 0.05) is 18.1 Å². The highest BCUT2D eigenvalue weighted by Crippen LogP contribution is 2.12. The molecule has 0 radical (unpaired) electrons. The highest BCUT2D eigenvalue weighted by Gasteiger charge is 1.98. The molecular formula is C8H12N2OS. The topological polar surface area (TPSA) is 46.0 Å². The van der Waals surface area contributed by atoms with Gasteiger partial charge >= 0.3 is 0 Å². The lowest BCUT2D eigenvalue weighted by atomic mass is 10.3. The number of hydrogen-bond acceptors (Lipinski definition) is 4. The Hall–Kier alpha value is -0.610. The van der Waals surface area contributed by atoms with Crippen molar-refractivity contribution < 1.29 is 5.11 Å². The average Bonchev–Trinajstić information content (AvgIpc) is 2.05. The summed E-state index contributed by atoms with van der Waals surface area (Å²) >= 11 is 1.57. The predicted molar refractivity (Wildman–Crippen MR) is 49.1 cm³/mol. The Morgan fingerprint density at radius 2 is 2.17 bits per heavy atom. The molecule has 1 rings (SSSR count). The van der Waals surface area contributed by atoms with Crippen LogP contribution in [0.5, 0.6) is 0 Å². The summed E-state index contributed by atoms with van der Waals surface area (Å²) in [6.07, 6.45) is 3.99. The smallest absolute Gasteiger partial charge is 0.187 e. The van der Waals surface area contributed by atoms with Crippen LogP contribution in [0.2, 0.25) is 0 Å². The van der Waals surface area contributed by atoms with E-state index in [-0.39, 0.29) is 6.10 Å². The number of thioether (sulfide) groups is 1. The Balaban J connectivity index is 2.25. The summed E-state index contributed by atoms with van der Waals surface area (Å²) in [4.78, 5) is 8.09. The molecule has 1 aromatic rings. The standard InChI is InChI=1S/C8H12N2OS/c1-7(11)3-6-12-8-9-4-2-5-10-8/h2,4-5,7,11H,3,6H2,1H3. The second-order valence-electron chi connectivity index (χ2n) is 2.52. The molecule has 0 amide bonds. The lowest BCUT2D eigenvalue weighted by Gasteiger charge is -2.01. The zero-order chi connectivity index (χ0) is 8.81. The van der Waals surface area contributed by atoms with Crippen LogP contribution in [0, 0.1) is 0 Å². The van der Waals surface area contributed by atoms with E-state index in [2.05, 4.69) is 9.97 Å². The van der Waals surface area contributed by atoms with Gasteiger partial charge in [-0.2, -0.15) is 0 Å². The second-order valence-corrected chi connectivity index (χ2v) is 3.58. The molecule has 3 nitrogen and oxygen atoms in total. The lowest BCUT2D eigenvalue weighted by molar-refractivity contribution is 0.192. The monoisotopic (exact) mass is 184 g/mol. The van der Waals surface area contributed by atoms with Gasteiger partial charge in [0.2, 0.25) is 0 Å². The Bertz CT molecular complexity index is 216. The molecule has 1 aromatic heterocycles. The largest absolute Gasteiger partial charge is 0.393 e. The van der Waals surface area contributed by atoms with Gasteiger partial charge in [0.05, 0.1) is 6.10 Å². The van der Waals surface area contributed by atoms with Crippen molar-refractivity contribution >= 4 is 11.8 Å².